The monoisotopic (exact) mass is 597 g/mol. The molecule has 1 aliphatic heterocycles. The van der Waals surface area contributed by atoms with Gasteiger partial charge in [-0.05, 0) is 86.2 Å². The number of oxazole rings is 2. The number of hydrogen-bond donors (Lipinski definition) is 1. The first-order chi connectivity index (χ1) is 21.2. The van der Waals surface area contributed by atoms with E-state index in [0.29, 0.717) is 11.8 Å². The van der Waals surface area contributed by atoms with E-state index in [9.17, 15) is 0 Å². The Labute approximate surface area is 258 Å². The average molecular weight is 598 g/mol. The topological polar surface area (TPSA) is 84.6 Å². The number of aromatic nitrogens is 2. The summed E-state index contributed by atoms with van der Waals surface area (Å²) in [5.74, 6) is 1.29. The Morgan fingerprint density at radius 3 is 1.86 bits per heavy atom. The second-order valence-corrected chi connectivity index (χ2v) is 12.7. The van der Waals surface area contributed by atoms with Crippen molar-refractivity contribution < 1.29 is 8.83 Å². The fraction of sp³-hybridized carbons (Fsp3) is 0.429. The normalized spacial score (nSPS) is 13.3. The molecular weight excluding hydrogens is 554 g/mol. The van der Waals surface area contributed by atoms with Crippen LogP contribution in [0.2, 0.25) is 0 Å². The van der Waals surface area contributed by atoms with Gasteiger partial charge in [-0.15, -0.1) is 11.3 Å². The largest absolute Gasteiger partial charge is 0.435 e. The number of fused-ring (bicyclic) bond motifs is 2. The Hall–Kier alpha value is -3.62. The number of rotatable bonds is 16. The van der Waals surface area contributed by atoms with Gasteiger partial charge in [-0.3, -0.25) is 0 Å². The van der Waals surface area contributed by atoms with Gasteiger partial charge >= 0.3 is 0 Å². The average Bonchev–Trinajstić information content (AvgIpc) is 3.83. The summed E-state index contributed by atoms with van der Waals surface area (Å²) in [6, 6.07) is 16.9. The standard InChI is InChI=1S/C35H43N5O2S/c1-2-3-4-5-6-7-10-26-12-14-30-28(23-26)37-34(41-30)32-16-17-33(43-32)35-38-29-24-27(13-15-31(29)42-35)11-8-19-39-21-22-40(25-39)20-9-18-36/h12-17,21-24H,2-11,18-20,25,36H2,1H3. The van der Waals surface area contributed by atoms with Gasteiger partial charge in [-0.2, -0.15) is 0 Å². The molecule has 7 nitrogen and oxygen atoms in total. The molecule has 0 bridgehead atoms. The van der Waals surface area contributed by atoms with E-state index in [1.165, 1.54) is 49.7 Å². The van der Waals surface area contributed by atoms with Crippen LogP contribution in [0.15, 0.2) is 69.8 Å². The number of nitrogens with two attached hydrogens (primary N) is 1. The van der Waals surface area contributed by atoms with Crippen LogP contribution in [0.1, 0.15) is 69.4 Å². The molecule has 3 aromatic heterocycles. The summed E-state index contributed by atoms with van der Waals surface area (Å²) in [7, 11) is 0. The highest BCUT2D eigenvalue weighted by Crippen LogP contribution is 2.36. The van der Waals surface area contributed by atoms with Gasteiger partial charge in [0, 0.05) is 25.5 Å². The van der Waals surface area contributed by atoms with Gasteiger partial charge in [0.15, 0.2) is 11.2 Å². The lowest BCUT2D eigenvalue weighted by Gasteiger charge is -2.21. The van der Waals surface area contributed by atoms with Crippen molar-refractivity contribution in [3.63, 3.8) is 0 Å². The van der Waals surface area contributed by atoms with E-state index in [1.54, 1.807) is 11.3 Å². The Balaban J connectivity index is 1.05. The lowest BCUT2D eigenvalue weighted by atomic mass is 10.0. The minimum atomic E-state index is 0.639. The summed E-state index contributed by atoms with van der Waals surface area (Å²) in [4.78, 5) is 16.3. The van der Waals surface area contributed by atoms with Crippen molar-refractivity contribution in [3.8, 4) is 21.5 Å². The molecule has 8 heteroatoms. The summed E-state index contributed by atoms with van der Waals surface area (Å²) in [5, 5.41) is 0. The first-order valence-electron chi connectivity index (χ1n) is 15.9. The number of unbranched alkanes of at least 4 members (excludes halogenated alkanes) is 5. The van der Waals surface area contributed by atoms with E-state index in [-0.39, 0.29) is 0 Å². The molecule has 0 aliphatic carbocycles. The second kappa shape index (κ2) is 14.2. The molecule has 6 rings (SSSR count). The molecule has 1 aliphatic rings. The third-order valence-electron chi connectivity index (χ3n) is 8.16. The molecule has 226 valence electrons. The Kier molecular flexibility index (Phi) is 9.75. The number of benzene rings is 2. The summed E-state index contributed by atoms with van der Waals surface area (Å²) in [6.07, 6.45) is 16.4. The summed E-state index contributed by atoms with van der Waals surface area (Å²) in [6.45, 7) is 6.01. The maximum absolute atomic E-state index is 6.15. The number of aryl methyl sites for hydroxylation is 2. The molecule has 0 radical (unpaired) electrons. The lowest BCUT2D eigenvalue weighted by Crippen LogP contribution is -2.27. The minimum absolute atomic E-state index is 0.639. The van der Waals surface area contributed by atoms with Gasteiger partial charge < -0.3 is 24.4 Å². The van der Waals surface area contributed by atoms with E-state index in [0.717, 1.165) is 83.9 Å². The second-order valence-electron chi connectivity index (χ2n) is 11.6. The molecule has 0 amide bonds. The van der Waals surface area contributed by atoms with Crippen LogP contribution in [-0.2, 0) is 12.8 Å². The van der Waals surface area contributed by atoms with Crippen LogP contribution in [0.25, 0.3) is 43.7 Å². The first-order valence-corrected chi connectivity index (χ1v) is 16.8. The summed E-state index contributed by atoms with van der Waals surface area (Å²) >= 11 is 1.60. The van der Waals surface area contributed by atoms with Gasteiger partial charge in [-0.25, -0.2) is 9.97 Å². The highest BCUT2D eigenvalue weighted by atomic mass is 32.1. The fourth-order valence-electron chi connectivity index (χ4n) is 5.73. The van der Waals surface area contributed by atoms with Crippen molar-refractivity contribution in [1.29, 1.82) is 0 Å². The number of hydrogen-bond acceptors (Lipinski definition) is 8. The zero-order valence-electron chi connectivity index (χ0n) is 25.3. The summed E-state index contributed by atoms with van der Waals surface area (Å²) in [5.41, 5.74) is 11.7. The molecule has 0 spiro atoms. The molecule has 43 heavy (non-hydrogen) atoms. The maximum Gasteiger partial charge on any atom is 0.237 e. The highest BCUT2D eigenvalue weighted by Gasteiger charge is 2.16. The molecule has 2 N–H and O–H groups in total. The van der Waals surface area contributed by atoms with Gasteiger partial charge in [-0.1, -0.05) is 51.2 Å². The zero-order valence-corrected chi connectivity index (χ0v) is 26.1. The van der Waals surface area contributed by atoms with Crippen LogP contribution in [0.5, 0.6) is 0 Å². The van der Waals surface area contributed by atoms with Crippen LogP contribution < -0.4 is 5.73 Å². The third kappa shape index (κ3) is 7.48. The third-order valence-corrected chi connectivity index (χ3v) is 9.22. The molecule has 0 saturated heterocycles. The molecular formula is C35H43N5O2S. The number of nitrogens with zero attached hydrogens (tertiary/aromatic N) is 4. The summed E-state index contributed by atoms with van der Waals surface area (Å²) < 4.78 is 12.3. The van der Waals surface area contributed by atoms with Crippen molar-refractivity contribution in [2.24, 2.45) is 5.73 Å². The van der Waals surface area contributed by atoms with Crippen LogP contribution in [0.4, 0.5) is 0 Å². The number of thiophene rings is 1. The van der Waals surface area contributed by atoms with E-state index in [1.807, 2.05) is 18.2 Å². The SMILES string of the molecule is CCCCCCCCc1ccc2oc(-c3ccc(-c4nc5cc(CCCN6C=CN(CCCN)C6)ccc5o4)s3)nc2c1. The smallest absolute Gasteiger partial charge is 0.237 e. The quantitative estimate of drug-likeness (QED) is 0.114. The van der Waals surface area contributed by atoms with Crippen LogP contribution in [0, 0.1) is 0 Å². The molecule has 0 saturated carbocycles. The van der Waals surface area contributed by atoms with Gasteiger partial charge in [0.25, 0.3) is 0 Å². The van der Waals surface area contributed by atoms with E-state index >= 15 is 0 Å². The molecule has 0 unspecified atom stereocenters. The van der Waals surface area contributed by atoms with E-state index in [4.69, 9.17) is 24.5 Å². The Bertz CT molecular complexity index is 1650. The van der Waals surface area contributed by atoms with E-state index in [2.05, 4.69) is 59.5 Å². The first kappa shape index (κ1) is 29.5. The molecule has 4 heterocycles. The van der Waals surface area contributed by atoms with Crippen molar-refractivity contribution >= 4 is 33.5 Å². The highest BCUT2D eigenvalue weighted by molar-refractivity contribution is 7.18. The molecule has 0 atom stereocenters. The predicted molar refractivity (Wildman–Crippen MR) is 177 cm³/mol. The lowest BCUT2D eigenvalue weighted by molar-refractivity contribution is 0.262. The zero-order chi connectivity index (χ0) is 29.4. The fourth-order valence-corrected chi connectivity index (χ4v) is 6.59. The van der Waals surface area contributed by atoms with Crippen molar-refractivity contribution in [2.75, 3.05) is 26.3 Å². The van der Waals surface area contributed by atoms with Crippen LogP contribution in [0.3, 0.4) is 0 Å². The minimum Gasteiger partial charge on any atom is -0.435 e. The van der Waals surface area contributed by atoms with Gasteiger partial charge in [0.2, 0.25) is 11.8 Å². The van der Waals surface area contributed by atoms with Gasteiger partial charge in [0.1, 0.15) is 11.0 Å². The molecule has 5 aromatic rings. The maximum atomic E-state index is 6.15. The van der Waals surface area contributed by atoms with Gasteiger partial charge in [0.05, 0.1) is 16.4 Å². The molecule has 2 aromatic carbocycles. The Morgan fingerprint density at radius 2 is 1.26 bits per heavy atom. The van der Waals surface area contributed by atoms with Crippen molar-refractivity contribution in [3.05, 3.63) is 72.1 Å². The molecule has 0 fully saturated rings. The van der Waals surface area contributed by atoms with Crippen LogP contribution in [-0.4, -0.2) is 46.1 Å². The Morgan fingerprint density at radius 1 is 0.698 bits per heavy atom. The van der Waals surface area contributed by atoms with E-state index < -0.39 is 0 Å². The van der Waals surface area contributed by atoms with Crippen molar-refractivity contribution in [2.45, 2.75) is 71.1 Å². The van der Waals surface area contributed by atoms with Crippen LogP contribution >= 0.6 is 11.3 Å². The van der Waals surface area contributed by atoms with Crippen molar-refractivity contribution in [1.82, 2.24) is 19.8 Å². The predicted octanol–water partition coefficient (Wildman–Crippen LogP) is 8.60.